The van der Waals surface area contributed by atoms with Crippen molar-refractivity contribution >= 4 is 11.9 Å². The minimum atomic E-state index is -0.819. The van der Waals surface area contributed by atoms with Crippen molar-refractivity contribution in [2.45, 2.75) is 46.2 Å². The molecule has 6 heteroatoms. The zero-order chi connectivity index (χ0) is 14.7. The molecule has 0 aliphatic carbocycles. The van der Waals surface area contributed by atoms with E-state index in [1.165, 1.54) is 0 Å². The van der Waals surface area contributed by atoms with Crippen LogP contribution in [0, 0.1) is 5.92 Å². The van der Waals surface area contributed by atoms with Crippen molar-refractivity contribution in [1.29, 1.82) is 0 Å². The first-order chi connectivity index (χ1) is 9.55. The molecular weight excluding hydrogens is 258 g/mol. The lowest BCUT2D eigenvalue weighted by Gasteiger charge is -2.30. The number of nitrogens with zero attached hydrogens (tertiary/aromatic N) is 3. The largest absolute Gasteiger partial charge is 0.481 e. The van der Waals surface area contributed by atoms with Crippen molar-refractivity contribution in [2.24, 2.45) is 5.92 Å². The highest BCUT2D eigenvalue weighted by Gasteiger charge is 2.30. The summed E-state index contributed by atoms with van der Waals surface area (Å²) in [5.41, 5.74) is 1.98. The molecule has 0 radical (unpaired) electrons. The van der Waals surface area contributed by atoms with Gasteiger partial charge >= 0.3 is 5.97 Å². The van der Waals surface area contributed by atoms with Crippen LogP contribution in [0.25, 0.3) is 0 Å². The number of aryl methyl sites for hydroxylation is 2. The van der Waals surface area contributed by atoms with Gasteiger partial charge in [0.1, 0.15) is 0 Å². The maximum atomic E-state index is 11.9. The van der Waals surface area contributed by atoms with Crippen LogP contribution in [-0.2, 0) is 29.1 Å². The Morgan fingerprint density at radius 1 is 1.50 bits per heavy atom. The Hall–Kier alpha value is -1.85. The smallest absolute Gasteiger partial charge is 0.308 e. The molecule has 1 aliphatic heterocycles. The summed E-state index contributed by atoms with van der Waals surface area (Å²) in [4.78, 5) is 24.7. The molecular formula is C14H21N3O3. The summed E-state index contributed by atoms with van der Waals surface area (Å²) in [6.07, 6.45) is 1.61. The summed E-state index contributed by atoms with van der Waals surface area (Å²) in [6.45, 7) is 5.54. The van der Waals surface area contributed by atoms with E-state index in [2.05, 4.69) is 5.10 Å². The van der Waals surface area contributed by atoms with Gasteiger partial charge in [-0.05, 0) is 25.8 Å². The fourth-order valence-electron chi connectivity index (χ4n) is 2.55. The summed E-state index contributed by atoms with van der Waals surface area (Å²) in [7, 11) is 0. The SMILES string of the molecule is CCc1cc(CN2CC(C(=O)O)CCC2=O)n(CC)n1. The number of aliphatic carboxylic acids is 1. The molecule has 1 saturated heterocycles. The monoisotopic (exact) mass is 279 g/mol. The zero-order valence-corrected chi connectivity index (χ0v) is 12.0. The third kappa shape index (κ3) is 3.00. The van der Waals surface area contributed by atoms with Crippen LogP contribution in [0.5, 0.6) is 0 Å². The number of amides is 1. The number of carbonyl (C=O) groups is 2. The highest BCUT2D eigenvalue weighted by Crippen LogP contribution is 2.20. The molecule has 0 spiro atoms. The number of hydrogen-bond acceptors (Lipinski definition) is 3. The second-order valence-corrected chi connectivity index (χ2v) is 5.14. The van der Waals surface area contributed by atoms with Crippen molar-refractivity contribution in [1.82, 2.24) is 14.7 Å². The van der Waals surface area contributed by atoms with Crippen LogP contribution in [-0.4, -0.2) is 38.2 Å². The molecule has 1 unspecified atom stereocenters. The van der Waals surface area contributed by atoms with Gasteiger partial charge in [0.25, 0.3) is 0 Å². The lowest BCUT2D eigenvalue weighted by Crippen LogP contribution is -2.42. The summed E-state index contributed by atoms with van der Waals surface area (Å²) in [6, 6.07) is 2.00. The lowest BCUT2D eigenvalue weighted by atomic mass is 9.97. The van der Waals surface area contributed by atoms with Gasteiger partial charge in [0.2, 0.25) is 5.91 Å². The number of rotatable bonds is 5. The maximum absolute atomic E-state index is 11.9. The molecule has 0 bridgehead atoms. The molecule has 0 saturated carbocycles. The number of carboxylic acids is 1. The molecule has 1 fully saturated rings. The number of likely N-dealkylation sites (tertiary alicyclic amines) is 1. The number of piperidine rings is 1. The molecule has 2 heterocycles. The molecule has 20 heavy (non-hydrogen) atoms. The normalized spacial score (nSPS) is 19.4. The maximum Gasteiger partial charge on any atom is 0.308 e. The Morgan fingerprint density at radius 3 is 2.85 bits per heavy atom. The molecule has 0 aromatic carbocycles. The van der Waals surface area contributed by atoms with Gasteiger partial charge in [-0.2, -0.15) is 5.10 Å². The van der Waals surface area contributed by atoms with Crippen molar-refractivity contribution in [3.05, 3.63) is 17.5 Å². The minimum Gasteiger partial charge on any atom is -0.481 e. The first-order valence-electron chi connectivity index (χ1n) is 7.11. The van der Waals surface area contributed by atoms with Crippen LogP contribution in [0.1, 0.15) is 38.1 Å². The predicted molar refractivity (Wildman–Crippen MR) is 73.1 cm³/mol. The van der Waals surface area contributed by atoms with E-state index in [1.54, 1.807) is 4.90 Å². The van der Waals surface area contributed by atoms with Crippen LogP contribution < -0.4 is 0 Å². The second kappa shape index (κ2) is 6.07. The summed E-state index contributed by atoms with van der Waals surface area (Å²) in [5, 5.41) is 13.6. The van der Waals surface area contributed by atoms with E-state index in [0.29, 0.717) is 25.9 Å². The van der Waals surface area contributed by atoms with Crippen LogP contribution >= 0.6 is 0 Å². The molecule has 1 aromatic rings. The topological polar surface area (TPSA) is 75.4 Å². The Balaban J connectivity index is 2.13. The van der Waals surface area contributed by atoms with Gasteiger partial charge in [-0.15, -0.1) is 0 Å². The fourth-order valence-corrected chi connectivity index (χ4v) is 2.55. The van der Waals surface area contributed by atoms with Crippen molar-refractivity contribution in [3.63, 3.8) is 0 Å². The summed E-state index contributed by atoms with van der Waals surface area (Å²) in [5.74, 6) is -1.23. The van der Waals surface area contributed by atoms with Crippen LogP contribution in [0.15, 0.2) is 6.07 Å². The Bertz CT molecular complexity index is 510. The highest BCUT2D eigenvalue weighted by molar-refractivity contribution is 5.80. The van der Waals surface area contributed by atoms with Crippen molar-refractivity contribution < 1.29 is 14.7 Å². The van der Waals surface area contributed by atoms with E-state index >= 15 is 0 Å². The first-order valence-corrected chi connectivity index (χ1v) is 7.11. The average Bonchev–Trinajstić information content (AvgIpc) is 2.83. The van der Waals surface area contributed by atoms with Gasteiger partial charge in [0, 0.05) is 19.5 Å². The van der Waals surface area contributed by atoms with Crippen molar-refractivity contribution in [3.8, 4) is 0 Å². The first kappa shape index (κ1) is 14.6. The minimum absolute atomic E-state index is 0.0319. The number of carboxylic acid groups (broad SMARTS) is 1. The molecule has 6 nitrogen and oxygen atoms in total. The zero-order valence-electron chi connectivity index (χ0n) is 12.0. The van der Waals surface area contributed by atoms with Gasteiger partial charge < -0.3 is 10.0 Å². The van der Waals surface area contributed by atoms with E-state index in [0.717, 1.165) is 24.4 Å². The Kier molecular flexibility index (Phi) is 4.42. The van der Waals surface area contributed by atoms with Crippen LogP contribution in [0.3, 0.4) is 0 Å². The van der Waals surface area contributed by atoms with Crippen LogP contribution in [0.4, 0.5) is 0 Å². The standard InChI is InChI=1S/C14H21N3O3/c1-3-11-7-12(17(4-2)15-11)9-16-8-10(14(19)20)5-6-13(16)18/h7,10H,3-6,8-9H2,1-2H3,(H,19,20). The molecule has 1 aliphatic rings. The number of carbonyl (C=O) groups excluding carboxylic acids is 1. The number of hydrogen-bond donors (Lipinski definition) is 1. The summed E-state index contributed by atoms with van der Waals surface area (Å²) >= 11 is 0. The van der Waals surface area contributed by atoms with Crippen molar-refractivity contribution in [2.75, 3.05) is 6.54 Å². The molecule has 1 atom stereocenters. The Morgan fingerprint density at radius 2 is 2.25 bits per heavy atom. The van der Waals surface area contributed by atoms with Gasteiger partial charge in [0.15, 0.2) is 0 Å². The second-order valence-electron chi connectivity index (χ2n) is 5.14. The molecule has 1 aromatic heterocycles. The van der Waals surface area contributed by atoms with Gasteiger partial charge in [0.05, 0.1) is 23.9 Å². The summed E-state index contributed by atoms with van der Waals surface area (Å²) < 4.78 is 1.89. The number of aromatic nitrogens is 2. The molecule has 2 rings (SSSR count). The van der Waals surface area contributed by atoms with E-state index in [-0.39, 0.29) is 5.91 Å². The van der Waals surface area contributed by atoms with Crippen LogP contribution in [0.2, 0.25) is 0 Å². The molecule has 110 valence electrons. The fraction of sp³-hybridized carbons (Fsp3) is 0.643. The van der Waals surface area contributed by atoms with Gasteiger partial charge in [-0.25, -0.2) is 0 Å². The average molecular weight is 279 g/mol. The van der Waals surface area contributed by atoms with Gasteiger partial charge in [-0.1, -0.05) is 6.92 Å². The third-order valence-electron chi connectivity index (χ3n) is 3.78. The van der Waals surface area contributed by atoms with E-state index < -0.39 is 11.9 Å². The Labute approximate surface area is 118 Å². The van der Waals surface area contributed by atoms with Gasteiger partial charge in [-0.3, -0.25) is 14.3 Å². The quantitative estimate of drug-likeness (QED) is 0.881. The van der Waals surface area contributed by atoms with E-state index in [9.17, 15) is 9.59 Å². The lowest BCUT2D eigenvalue weighted by molar-refractivity contribution is -0.147. The molecule has 1 amide bonds. The predicted octanol–water partition coefficient (Wildman–Crippen LogP) is 1.29. The van der Waals surface area contributed by atoms with E-state index in [4.69, 9.17) is 5.11 Å². The van der Waals surface area contributed by atoms with E-state index in [1.807, 2.05) is 24.6 Å². The third-order valence-corrected chi connectivity index (χ3v) is 3.78. The molecule has 1 N–H and O–H groups in total. The highest BCUT2D eigenvalue weighted by atomic mass is 16.4.